The largest absolute Gasteiger partial charge is 0.486 e. The lowest BCUT2D eigenvalue weighted by Crippen LogP contribution is -2.21. The molecule has 2 heteroatoms. The summed E-state index contributed by atoms with van der Waals surface area (Å²) < 4.78 is 5.96. The Morgan fingerprint density at radius 3 is 2.25 bits per heavy atom. The molecule has 0 aliphatic rings. The molecule has 0 bridgehead atoms. The summed E-state index contributed by atoms with van der Waals surface area (Å²) in [6.45, 7) is 4.18. The standard InChI is InChI=1S/C18H23NO/c1-3-17(19)13-15-9-11-18(12-10-15)20-14(2)16-7-5-4-6-8-16/h4-12,14,17H,3,13,19H2,1-2H3. The second kappa shape index (κ2) is 7.11. The third kappa shape index (κ3) is 4.10. The van der Waals surface area contributed by atoms with Crippen molar-refractivity contribution < 1.29 is 4.74 Å². The lowest BCUT2D eigenvalue weighted by molar-refractivity contribution is 0.227. The Hall–Kier alpha value is -1.80. The zero-order valence-corrected chi connectivity index (χ0v) is 12.3. The first-order valence-corrected chi connectivity index (χ1v) is 7.25. The minimum atomic E-state index is 0.0555. The lowest BCUT2D eigenvalue weighted by atomic mass is 10.0. The molecule has 2 rings (SSSR count). The van der Waals surface area contributed by atoms with Gasteiger partial charge in [-0.25, -0.2) is 0 Å². The first kappa shape index (κ1) is 14.6. The fourth-order valence-electron chi connectivity index (χ4n) is 2.15. The average molecular weight is 269 g/mol. The van der Waals surface area contributed by atoms with Gasteiger partial charge < -0.3 is 10.5 Å². The molecule has 0 amide bonds. The summed E-state index contributed by atoms with van der Waals surface area (Å²) in [5.41, 5.74) is 8.42. The van der Waals surface area contributed by atoms with Gasteiger partial charge in [-0.15, -0.1) is 0 Å². The van der Waals surface area contributed by atoms with E-state index in [9.17, 15) is 0 Å². The van der Waals surface area contributed by atoms with Crippen LogP contribution >= 0.6 is 0 Å². The topological polar surface area (TPSA) is 35.2 Å². The van der Waals surface area contributed by atoms with Gasteiger partial charge in [-0.1, -0.05) is 49.4 Å². The molecule has 0 saturated carbocycles. The van der Waals surface area contributed by atoms with E-state index in [-0.39, 0.29) is 12.1 Å². The molecule has 0 fully saturated rings. The molecule has 0 aliphatic carbocycles. The first-order chi connectivity index (χ1) is 9.69. The fraction of sp³-hybridized carbons (Fsp3) is 0.333. The van der Waals surface area contributed by atoms with Crippen molar-refractivity contribution in [3.05, 3.63) is 65.7 Å². The van der Waals surface area contributed by atoms with Gasteiger partial charge in [0.15, 0.2) is 0 Å². The van der Waals surface area contributed by atoms with Crippen molar-refractivity contribution in [2.75, 3.05) is 0 Å². The molecule has 106 valence electrons. The number of nitrogens with two attached hydrogens (primary N) is 1. The summed E-state index contributed by atoms with van der Waals surface area (Å²) in [7, 11) is 0. The molecular weight excluding hydrogens is 246 g/mol. The van der Waals surface area contributed by atoms with E-state index < -0.39 is 0 Å². The van der Waals surface area contributed by atoms with E-state index in [2.05, 4.69) is 38.1 Å². The third-order valence-corrected chi connectivity index (χ3v) is 3.53. The Morgan fingerprint density at radius 2 is 1.65 bits per heavy atom. The van der Waals surface area contributed by atoms with Crippen molar-refractivity contribution >= 4 is 0 Å². The Bertz CT molecular complexity index is 507. The normalized spacial score (nSPS) is 13.8. The monoisotopic (exact) mass is 269 g/mol. The van der Waals surface area contributed by atoms with Crippen molar-refractivity contribution in [2.24, 2.45) is 5.73 Å². The van der Waals surface area contributed by atoms with Crippen LogP contribution in [-0.4, -0.2) is 6.04 Å². The Kier molecular flexibility index (Phi) is 5.19. The van der Waals surface area contributed by atoms with Crippen molar-refractivity contribution in [1.29, 1.82) is 0 Å². The number of hydrogen-bond donors (Lipinski definition) is 1. The Morgan fingerprint density at radius 1 is 1.00 bits per heavy atom. The van der Waals surface area contributed by atoms with Gasteiger partial charge in [-0.2, -0.15) is 0 Å². The van der Waals surface area contributed by atoms with Crippen molar-refractivity contribution in [2.45, 2.75) is 38.8 Å². The summed E-state index contributed by atoms with van der Waals surface area (Å²) in [4.78, 5) is 0. The van der Waals surface area contributed by atoms with Gasteiger partial charge >= 0.3 is 0 Å². The maximum Gasteiger partial charge on any atom is 0.121 e. The van der Waals surface area contributed by atoms with Crippen LogP contribution < -0.4 is 10.5 Å². The Labute approximate surface area is 121 Å². The fourth-order valence-corrected chi connectivity index (χ4v) is 2.15. The third-order valence-electron chi connectivity index (χ3n) is 3.53. The average Bonchev–Trinajstić information content (AvgIpc) is 2.50. The summed E-state index contributed by atoms with van der Waals surface area (Å²) in [6.07, 6.45) is 1.98. The van der Waals surface area contributed by atoms with Crippen LogP contribution in [0.25, 0.3) is 0 Å². The van der Waals surface area contributed by atoms with E-state index in [0.717, 1.165) is 18.6 Å². The zero-order valence-electron chi connectivity index (χ0n) is 12.3. The maximum atomic E-state index is 5.97. The molecule has 0 aromatic heterocycles. The molecular formula is C18H23NO. The van der Waals surface area contributed by atoms with E-state index in [1.807, 2.05) is 30.3 Å². The predicted octanol–water partition coefficient (Wildman–Crippen LogP) is 4.11. The van der Waals surface area contributed by atoms with Crippen LogP contribution in [0.1, 0.15) is 37.5 Å². The smallest absolute Gasteiger partial charge is 0.121 e. The molecule has 0 radical (unpaired) electrons. The molecule has 0 aliphatic heterocycles. The summed E-state index contributed by atoms with van der Waals surface area (Å²) in [5.74, 6) is 0.898. The highest BCUT2D eigenvalue weighted by Gasteiger charge is 2.07. The van der Waals surface area contributed by atoms with E-state index in [1.54, 1.807) is 0 Å². The minimum Gasteiger partial charge on any atom is -0.486 e. The van der Waals surface area contributed by atoms with Gasteiger partial charge in [0.05, 0.1) is 0 Å². The van der Waals surface area contributed by atoms with Crippen LogP contribution in [0.5, 0.6) is 5.75 Å². The Balaban J connectivity index is 1.97. The quantitative estimate of drug-likeness (QED) is 0.856. The van der Waals surface area contributed by atoms with Crippen LogP contribution in [0.3, 0.4) is 0 Å². The summed E-state index contributed by atoms with van der Waals surface area (Å²) in [5, 5.41) is 0. The number of benzene rings is 2. The van der Waals surface area contributed by atoms with Crippen molar-refractivity contribution in [3.8, 4) is 5.75 Å². The second-order valence-electron chi connectivity index (χ2n) is 5.19. The molecule has 0 saturated heterocycles. The lowest BCUT2D eigenvalue weighted by Gasteiger charge is -2.15. The molecule has 20 heavy (non-hydrogen) atoms. The van der Waals surface area contributed by atoms with Gasteiger partial charge in [0, 0.05) is 6.04 Å². The predicted molar refractivity (Wildman–Crippen MR) is 83.9 cm³/mol. The van der Waals surface area contributed by atoms with Gasteiger partial charge in [-0.05, 0) is 43.0 Å². The SMILES string of the molecule is CCC(N)Cc1ccc(OC(C)c2ccccc2)cc1. The van der Waals surface area contributed by atoms with Crippen molar-refractivity contribution in [1.82, 2.24) is 0 Å². The van der Waals surface area contributed by atoms with Gasteiger partial charge in [0.2, 0.25) is 0 Å². The van der Waals surface area contributed by atoms with E-state index >= 15 is 0 Å². The van der Waals surface area contributed by atoms with E-state index in [0.29, 0.717) is 0 Å². The van der Waals surface area contributed by atoms with Crippen LogP contribution in [-0.2, 0) is 6.42 Å². The number of ether oxygens (including phenoxy) is 1. The number of rotatable bonds is 6. The first-order valence-electron chi connectivity index (χ1n) is 7.25. The molecule has 2 nitrogen and oxygen atoms in total. The minimum absolute atomic E-state index is 0.0555. The van der Waals surface area contributed by atoms with E-state index in [1.165, 1.54) is 11.1 Å². The molecule has 0 spiro atoms. The van der Waals surface area contributed by atoms with Gasteiger partial charge in [0.1, 0.15) is 11.9 Å². The molecule has 2 aromatic carbocycles. The van der Waals surface area contributed by atoms with Crippen LogP contribution in [0.15, 0.2) is 54.6 Å². The maximum absolute atomic E-state index is 5.97. The molecule has 0 heterocycles. The zero-order chi connectivity index (χ0) is 14.4. The summed E-state index contributed by atoms with van der Waals surface area (Å²) >= 11 is 0. The van der Waals surface area contributed by atoms with Gasteiger partial charge in [0.25, 0.3) is 0 Å². The van der Waals surface area contributed by atoms with Crippen LogP contribution in [0.2, 0.25) is 0 Å². The van der Waals surface area contributed by atoms with Crippen LogP contribution in [0, 0.1) is 0 Å². The summed E-state index contributed by atoms with van der Waals surface area (Å²) in [6, 6.07) is 18.7. The molecule has 2 unspecified atom stereocenters. The number of hydrogen-bond acceptors (Lipinski definition) is 2. The van der Waals surface area contributed by atoms with E-state index in [4.69, 9.17) is 10.5 Å². The van der Waals surface area contributed by atoms with Crippen molar-refractivity contribution in [3.63, 3.8) is 0 Å². The molecule has 2 N–H and O–H groups in total. The van der Waals surface area contributed by atoms with Crippen LogP contribution in [0.4, 0.5) is 0 Å². The molecule has 2 aromatic rings. The van der Waals surface area contributed by atoms with Gasteiger partial charge in [-0.3, -0.25) is 0 Å². The highest BCUT2D eigenvalue weighted by Crippen LogP contribution is 2.22. The highest BCUT2D eigenvalue weighted by atomic mass is 16.5. The molecule has 2 atom stereocenters. The highest BCUT2D eigenvalue weighted by molar-refractivity contribution is 5.29. The second-order valence-corrected chi connectivity index (χ2v) is 5.19.